The van der Waals surface area contributed by atoms with E-state index in [1.165, 1.54) is 12.3 Å². The highest BCUT2D eigenvalue weighted by atomic mass is 16.5. The molecule has 0 aliphatic carbocycles. The first-order valence-corrected chi connectivity index (χ1v) is 4.41. The Labute approximate surface area is 87.7 Å². The topological polar surface area (TPSA) is 75.0 Å². The number of rotatable bonds is 4. The molecule has 0 radical (unpaired) electrons. The Kier molecular flexibility index (Phi) is 4.26. The monoisotopic (exact) mass is 205 g/mol. The molecule has 0 saturated carbocycles. The van der Waals surface area contributed by atoms with Crippen LogP contribution in [0, 0.1) is 11.3 Å². The molecule has 0 fully saturated rings. The van der Waals surface area contributed by atoms with E-state index in [2.05, 4.69) is 10.3 Å². The smallest absolute Gasteiger partial charge is 0.251 e. The third kappa shape index (κ3) is 3.37. The first-order valence-electron chi connectivity index (χ1n) is 4.41. The molecule has 1 N–H and O–H groups in total. The molecule has 0 atom stereocenters. The number of nitrogens with zero attached hydrogens (tertiary/aromatic N) is 2. The average molecular weight is 205 g/mol. The highest BCUT2D eigenvalue weighted by molar-refractivity contribution is 5.94. The van der Waals surface area contributed by atoms with Crippen LogP contribution in [0.5, 0.6) is 0 Å². The van der Waals surface area contributed by atoms with Crippen LogP contribution in [0.3, 0.4) is 0 Å². The van der Waals surface area contributed by atoms with Crippen LogP contribution < -0.4 is 5.32 Å². The van der Waals surface area contributed by atoms with E-state index in [4.69, 9.17) is 10.00 Å². The zero-order chi connectivity index (χ0) is 11.1. The van der Waals surface area contributed by atoms with Crippen LogP contribution in [0.2, 0.25) is 0 Å². The highest BCUT2D eigenvalue weighted by Crippen LogP contribution is 2.00. The Balaban J connectivity index is 2.62. The van der Waals surface area contributed by atoms with Crippen LogP contribution in [-0.2, 0) is 4.74 Å². The van der Waals surface area contributed by atoms with Crippen molar-refractivity contribution in [2.45, 2.75) is 0 Å². The third-order valence-corrected chi connectivity index (χ3v) is 1.73. The molecule has 0 saturated heterocycles. The molecule has 1 rings (SSSR count). The van der Waals surface area contributed by atoms with Crippen LogP contribution in [-0.4, -0.2) is 31.2 Å². The van der Waals surface area contributed by atoms with Crippen LogP contribution in [0.1, 0.15) is 16.1 Å². The highest BCUT2D eigenvalue weighted by Gasteiger charge is 2.05. The van der Waals surface area contributed by atoms with Crippen molar-refractivity contribution in [2.24, 2.45) is 0 Å². The van der Waals surface area contributed by atoms with E-state index >= 15 is 0 Å². The van der Waals surface area contributed by atoms with E-state index in [0.717, 1.165) is 0 Å². The molecule has 0 bridgehead atoms. The Bertz CT molecular complexity index is 384. The number of ether oxygens (including phenoxy) is 1. The molecular formula is C10H11N3O2. The molecule has 78 valence electrons. The average Bonchev–Trinajstić information content (AvgIpc) is 2.29. The van der Waals surface area contributed by atoms with Crippen LogP contribution in [0.15, 0.2) is 18.3 Å². The standard InChI is InChI=1S/C10H11N3O2/c1-15-5-4-13-10(14)8-2-3-12-9(6-8)7-11/h2-3,6H,4-5H2,1H3,(H,13,14). The van der Waals surface area contributed by atoms with Crippen LogP contribution in [0.4, 0.5) is 0 Å². The van der Waals surface area contributed by atoms with Crippen molar-refractivity contribution in [3.8, 4) is 6.07 Å². The molecule has 1 aromatic heterocycles. The number of hydrogen-bond acceptors (Lipinski definition) is 4. The first kappa shape index (κ1) is 11.1. The molecule has 5 heteroatoms. The maximum atomic E-state index is 11.5. The van der Waals surface area contributed by atoms with E-state index in [0.29, 0.717) is 18.7 Å². The zero-order valence-electron chi connectivity index (χ0n) is 8.36. The number of pyridine rings is 1. The minimum atomic E-state index is -0.231. The predicted molar refractivity (Wildman–Crippen MR) is 53.2 cm³/mol. The first-order chi connectivity index (χ1) is 7.27. The Morgan fingerprint density at radius 3 is 3.20 bits per heavy atom. The van der Waals surface area contributed by atoms with Gasteiger partial charge in [-0.05, 0) is 12.1 Å². The molecule has 0 aliphatic rings. The maximum absolute atomic E-state index is 11.5. The van der Waals surface area contributed by atoms with E-state index in [1.54, 1.807) is 13.2 Å². The number of hydrogen-bond donors (Lipinski definition) is 1. The van der Waals surface area contributed by atoms with E-state index in [1.807, 2.05) is 6.07 Å². The number of nitriles is 1. The van der Waals surface area contributed by atoms with Gasteiger partial charge in [0.15, 0.2) is 0 Å². The van der Waals surface area contributed by atoms with Gasteiger partial charge in [-0.1, -0.05) is 0 Å². The number of amides is 1. The van der Waals surface area contributed by atoms with Gasteiger partial charge >= 0.3 is 0 Å². The summed E-state index contributed by atoms with van der Waals surface area (Å²) in [5, 5.41) is 11.2. The number of methoxy groups -OCH3 is 1. The Morgan fingerprint density at radius 2 is 2.53 bits per heavy atom. The van der Waals surface area contributed by atoms with Gasteiger partial charge in [0.2, 0.25) is 0 Å². The van der Waals surface area contributed by atoms with Gasteiger partial charge in [0.25, 0.3) is 5.91 Å². The fraction of sp³-hybridized carbons (Fsp3) is 0.300. The number of carbonyl (C=O) groups is 1. The minimum absolute atomic E-state index is 0.231. The summed E-state index contributed by atoms with van der Waals surface area (Å²) in [6, 6.07) is 4.88. The summed E-state index contributed by atoms with van der Waals surface area (Å²) < 4.78 is 4.79. The zero-order valence-corrected chi connectivity index (χ0v) is 8.36. The van der Waals surface area contributed by atoms with Gasteiger partial charge in [0, 0.05) is 25.4 Å². The summed E-state index contributed by atoms with van der Waals surface area (Å²) in [4.78, 5) is 15.3. The SMILES string of the molecule is COCCNC(=O)c1ccnc(C#N)c1. The van der Waals surface area contributed by atoms with Gasteiger partial charge in [-0.15, -0.1) is 0 Å². The second-order valence-corrected chi connectivity index (χ2v) is 2.79. The van der Waals surface area contributed by atoms with Gasteiger partial charge < -0.3 is 10.1 Å². The molecule has 0 aliphatic heterocycles. The molecule has 0 aromatic carbocycles. The second-order valence-electron chi connectivity index (χ2n) is 2.79. The minimum Gasteiger partial charge on any atom is -0.383 e. The van der Waals surface area contributed by atoms with E-state index in [9.17, 15) is 4.79 Å². The van der Waals surface area contributed by atoms with Crippen molar-refractivity contribution in [3.05, 3.63) is 29.6 Å². The van der Waals surface area contributed by atoms with Crippen molar-refractivity contribution < 1.29 is 9.53 Å². The van der Waals surface area contributed by atoms with Crippen molar-refractivity contribution in [3.63, 3.8) is 0 Å². The van der Waals surface area contributed by atoms with Gasteiger partial charge in [0.1, 0.15) is 11.8 Å². The lowest BCUT2D eigenvalue weighted by Gasteiger charge is -2.03. The summed E-state index contributed by atoms with van der Waals surface area (Å²) in [5.41, 5.74) is 0.659. The van der Waals surface area contributed by atoms with Crippen molar-refractivity contribution in [2.75, 3.05) is 20.3 Å². The molecule has 1 heterocycles. The van der Waals surface area contributed by atoms with Gasteiger partial charge in [-0.2, -0.15) is 5.26 Å². The Hall–Kier alpha value is -1.93. The summed E-state index contributed by atoms with van der Waals surface area (Å²) >= 11 is 0. The molecular weight excluding hydrogens is 194 g/mol. The van der Waals surface area contributed by atoms with Gasteiger partial charge in [-0.25, -0.2) is 4.98 Å². The van der Waals surface area contributed by atoms with E-state index < -0.39 is 0 Å². The number of nitrogens with one attached hydrogen (secondary N) is 1. The molecule has 1 aromatic rings. The molecule has 15 heavy (non-hydrogen) atoms. The quantitative estimate of drug-likeness (QED) is 0.719. The Morgan fingerprint density at radius 1 is 1.73 bits per heavy atom. The number of carbonyl (C=O) groups excluding carboxylic acids is 1. The summed E-state index contributed by atoms with van der Waals surface area (Å²) in [5.74, 6) is -0.231. The fourth-order valence-electron chi connectivity index (χ4n) is 1.00. The molecule has 0 unspecified atom stereocenters. The van der Waals surface area contributed by atoms with Gasteiger partial charge in [0.05, 0.1) is 6.61 Å². The second kappa shape index (κ2) is 5.73. The van der Waals surface area contributed by atoms with E-state index in [-0.39, 0.29) is 11.6 Å². The normalized spacial score (nSPS) is 9.33. The molecule has 5 nitrogen and oxygen atoms in total. The van der Waals surface area contributed by atoms with Gasteiger partial charge in [-0.3, -0.25) is 4.79 Å². The summed E-state index contributed by atoms with van der Waals surface area (Å²) in [6.07, 6.45) is 1.43. The summed E-state index contributed by atoms with van der Waals surface area (Å²) in [6.45, 7) is 0.904. The van der Waals surface area contributed by atoms with Crippen molar-refractivity contribution in [1.82, 2.24) is 10.3 Å². The fourth-order valence-corrected chi connectivity index (χ4v) is 1.00. The lowest BCUT2D eigenvalue weighted by molar-refractivity contribution is 0.0937. The summed E-state index contributed by atoms with van der Waals surface area (Å²) in [7, 11) is 1.56. The maximum Gasteiger partial charge on any atom is 0.251 e. The molecule has 0 spiro atoms. The number of aromatic nitrogens is 1. The lowest BCUT2D eigenvalue weighted by Crippen LogP contribution is -2.27. The third-order valence-electron chi connectivity index (χ3n) is 1.73. The largest absolute Gasteiger partial charge is 0.383 e. The van der Waals surface area contributed by atoms with Crippen molar-refractivity contribution >= 4 is 5.91 Å². The van der Waals surface area contributed by atoms with Crippen molar-refractivity contribution in [1.29, 1.82) is 5.26 Å². The lowest BCUT2D eigenvalue weighted by atomic mass is 10.2. The molecule has 1 amide bonds. The van der Waals surface area contributed by atoms with Crippen LogP contribution in [0.25, 0.3) is 0 Å². The van der Waals surface area contributed by atoms with Crippen LogP contribution >= 0.6 is 0 Å². The predicted octanol–water partition coefficient (Wildman–Crippen LogP) is 0.329.